The van der Waals surface area contributed by atoms with Crippen molar-refractivity contribution in [1.82, 2.24) is 15.4 Å². The third kappa shape index (κ3) is 20.1. The number of thiol groups is 1. The number of aryl methyl sites for hydroxylation is 1. The van der Waals surface area contributed by atoms with Gasteiger partial charge in [-0.05, 0) is 52.1 Å². The standard InChI is InChI=1S/C19H25NO5.C11H11N.C7H14NO5.C6H13NO5.CH4NS.2S.2V/c21-11-15-17(22)18(23)16(19(24)25-15)20-10-4-8-13-7-3-6-12-5-1-2-9-14(12)13;12-8-10-6-3-5-9-4-1-2-7-11(9)10;1-8-4-6(11)5(10)3(2-9)13-7(4)12;7-3-5(10)4(9)2(1-8)12-6(3)11;1-2-3;;;;/h1-3,5-7,9,15-24H,4,8,10-11H2;1-7H,8,12H2;3-12H,1-2H2;2-6,8-11H,1,7H2;2-3H,1H2;;;;/q;;-1;;-1;;;;/t15-,16-,17+,18-,19?;;3-,4-,5+,6-,7?;2-,3-,4+,5-,6?;;;;;/m1.11...../s1. The summed E-state index contributed by atoms with van der Waals surface area (Å²) in [5, 5.41) is 122. The van der Waals surface area contributed by atoms with Crippen LogP contribution in [0.15, 0.2) is 84.9 Å². The summed E-state index contributed by atoms with van der Waals surface area (Å²) in [4.78, 5) is 0. The number of aliphatic hydroxyl groups is 12. The van der Waals surface area contributed by atoms with Gasteiger partial charge >= 0.3 is 52.0 Å². The molecule has 4 aromatic carbocycles. The van der Waals surface area contributed by atoms with Crippen LogP contribution in [-0.4, -0.2) is 180 Å². The molecule has 15 atom stereocenters. The van der Waals surface area contributed by atoms with Crippen molar-refractivity contribution in [3.63, 3.8) is 0 Å². The Bertz CT molecular complexity index is 1970. The van der Waals surface area contributed by atoms with Crippen molar-refractivity contribution in [3.8, 4) is 0 Å². The van der Waals surface area contributed by atoms with E-state index in [-0.39, 0.29) is 0 Å². The van der Waals surface area contributed by atoms with E-state index in [0.29, 0.717) is 13.1 Å². The molecule has 19 N–H and O–H groups in total. The van der Waals surface area contributed by atoms with Gasteiger partial charge in [-0.15, -0.1) is 12.8 Å². The van der Waals surface area contributed by atoms with Crippen LogP contribution in [0.25, 0.3) is 21.5 Å². The molecule has 20 nitrogen and oxygen atoms in total. The minimum atomic E-state index is -1.35. The Morgan fingerprint density at radius 2 is 0.928 bits per heavy atom. The molecule has 3 heterocycles. The van der Waals surface area contributed by atoms with Crippen LogP contribution in [-0.2, 0) is 58.6 Å². The topological polar surface area (TPSA) is 359 Å². The van der Waals surface area contributed by atoms with Crippen molar-refractivity contribution in [2.75, 3.05) is 26.4 Å². The van der Waals surface area contributed by atoms with Gasteiger partial charge in [-0.2, -0.15) is 0 Å². The Morgan fingerprint density at radius 1 is 0.551 bits per heavy atom. The molecule has 3 saturated heterocycles. The second-order valence-electron chi connectivity index (χ2n) is 15.2. The molecule has 25 heteroatoms. The fraction of sp³-hybridized carbons (Fsp3) is 0.500. The van der Waals surface area contributed by atoms with Gasteiger partial charge < -0.3 is 102 Å². The molecule has 0 saturated carbocycles. The van der Waals surface area contributed by atoms with E-state index in [1.807, 2.05) is 67.8 Å². The average molecular weight is 1100 g/mol. The quantitative estimate of drug-likeness (QED) is 0.0458. The maximum atomic E-state index is 10.1. The van der Waals surface area contributed by atoms with Crippen molar-refractivity contribution in [2.24, 2.45) is 11.5 Å². The molecule has 3 aliphatic heterocycles. The van der Waals surface area contributed by atoms with Crippen molar-refractivity contribution in [2.45, 2.75) is 111 Å². The van der Waals surface area contributed by atoms with E-state index in [1.54, 1.807) is 0 Å². The van der Waals surface area contributed by atoms with Gasteiger partial charge in [0.15, 0.2) is 18.9 Å². The number of nitrogens with one attached hydrogen (secondary N) is 3. The van der Waals surface area contributed by atoms with Crippen molar-refractivity contribution in [3.05, 3.63) is 110 Å². The summed E-state index contributed by atoms with van der Waals surface area (Å²) < 4.78 is 16.8. The van der Waals surface area contributed by atoms with Crippen molar-refractivity contribution < 1.29 is 107 Å². The summed E-state index contributed by atoms with van der Waals surface area (Å²) >= 11 is 7.22. The third-order valence-electron chi connectivity index (χ3n) is 11.0. The monoisotopic (exact) mass is 1100 g/mol. The first-order valence-electron chi connectivity index (χ1n) is 21.2. The van der Waals surface area contributed by atoms with E-state index in [0.717, 1.165) is 12.8 Å². The molecular weight excluding hydrogens is 1040 g/mol. The number of ether oxygens (including phenoxy) is 3. The predicted octanol–water partition coefficient (Wildman–Crippen LogP) is -2.12. The number of hydrogen-bond acceptors (Lipinski definition) is 23. The van der Waals surface area contributed by atoms with Crippen molar-refractivity contribution >= 4 is 54.9 Å². The molecule has 0 bridgehead atoms. The van der Waals surface area contributed by atoms with Gasteiger partial charge in [0.05, 0.1) is 37.9 Å². The number of nitrogens with two attached hydrogens (primary N) is 2. The number of rotatable bonds is 10. The van der Waals surface area contributed by atoms with E-state index in [2.05, 4.69) is 111 Å². The van der Waals surface area contributed by atoms with Crippen LogP contribution in [0.3, 0.4) is 0 Å². The minimum absolute atomic E-state index is 0.455. The Balaban J connectivity index is 0.000000464. The first kappa shape index (κ1) is 65.6. The van der Waals surface area contributed by atoms with E-state index in [9.17, 15) is 40.9 Å². The van der Waals surface area contributed by atoms with Crippen molar-refractivity contribution in [1.29, 1.82) is 0 Å². The Hall–Kier alpha value is -1.44. The van der Waals surface area contributed by atoms with E-state index in [1.165, 1.54) is 32.7 Å². The fourth-order valence-electron chi connectivity index (χ4n) is 7.28. The van der Waals surface area contributed by atoms with E-state index in [4.69, 9.17) is 46.1 Å². The second-order valence-corrected chi connectivity index (χ2v) is 15.5. The first-order chi connectivity index (χ1) is 33.1. The van der Waals surface area contributed by atoms with Crippen LogP contribution in [0.2, 0.25) is 0 Å². The summed E-state index contributed by atoms with van der Waals surface area (Å²) in [6.45, 7) is -0.215. The molecule has 0 amide bonds. The van der Waals surface area contributed by atoms with Crippen LogP contribution < -0.4 is 26.8 Å². The summed E-state index contributed by atoms with van der Waals surface area (Å²) in [5.41, 5.74) is 13.3. The molecule has 0 radical (unpaired) electrons. The summed E-state index contributed by atoms with van der Waals surface area (Å²) in [7, 11) is 14.4. The fourth-order valence-corrected chi connectivity index (χ4v) is 7.28. The molecule has 388 valence electrons. The van der Waals surface area contributed by atoms with Gasteiger partial charge in [-0.3, -0.25) is 14.1 Å². The van der Waals surface area contributed by atoms with E-state index < -0.39 is 112 Å². The third-order valence-corrected chi connectivity index (χ3v) is 11.0. The van der Waals surface area contributed by atoms with Gasteiger partial charge in [0.2, 0.25) is 0 Å². The molecule has 0 spiro atoms. The zero-order chi connectivity index (χ0) is 52.2. The van der Waals surface area contributed by atoms with Gasteiger partial charge in [0.25, 0.3) is 0 Å². The number of fused-ring (bicyclic) bond motifs is 2. The Labute approximate surface area is 433 Å². The zero-order valence-electron chi connectivity index (χ0n) is 37.5. The first-order valence-corrected chi connectivity index (χ1v) is 25.8. The van der Waals surface area contributed by atoms with Gasteiger partial charge in [-0.25, -0.2) is 0 Å². The van der Waals surface area contributed by atoms with Crippen LogP contribution >= 0.6 is 33.4 Å². The molecule has 4 aromatic rings. The number of aliphatic hydroxyl groups excluding tert-OH is 12. The summed E-state index contributed by atoms with van der Waals surface area (Å²) in [6, 6.07) is 26.3. The van der Waals surface area contributed by atoms with Crippen LogP contribution in [0, 0.1) is 14.1 Å². The Morgan fingerprint density at radius 3 is 1.38 bits per heavy atom. The Kier molecular flexibility index (Phi) is 34.7. The average Bonchev–Trinajstić information content (AvgIpc) is 3.38. The molecule has 7 rings (SSSR count). The van der Waals surface area contributed by atoms with E-state index >= 15 is 0 Å². The molecule has 0 aromatic heterocycles. The predicted molar refractivity (Wildman–Crippen MR) is 259 cm³/mol. The van der Waals surface area contributed by atoms with Gasteiger partial charge in [0.1, 0.15) is 54.9 Å². The number of benzene rings is 4. The molecule has 3 unspecified atom stereocenters. The second kappa shape index (κ2) is 36.5. The molecule has 3 fully saturated rings. The normalized spacial score (nSPS) is 30.3. The summed E-state index contributed by atoms with van der Waals surface area (Å²) in [6.07, 6.45) is -12.5. The SMILES string of the molecule is NCc1cccc2ccccc12.N[C@H]1C(O)O[C@H](CO)[C@H](O)[C@@H]1O.OC[C@H]1OC(O)[C@H](NCCCc2cccc3ccccc23)[C@@H](O)[C@H]1O.[CH2-]NS.[CH2-]N[C@H]1C(O)O[C@H](CO)[C@H](O)[C@@H]1O.[S]=[V].[S]=[V]. The molecule has 3 aliphatic rings. The maximum absolute atomic E-state index is 10.1. The summed E-state index contributed by atoms with van der Waals surface area (Å²) in [5.74, 6) is 0. The molecular formula is C44H67N5O15S3V2-2. The molecule has 0 aliphatic carbocycles. The van der Waals surface area contributed by atoms with Gasteiger partial charge in [-0.1, -0.05) is 84.9 Å². The van der Waals surface area contributed by atoms with Crippen LogP contribution in [0.5, 0.6) is 0 Å². The van der Waals surface area contributed by atoms with Crippen LogP contribution in [0.4, 0.5) is 0 Å². The number of hydrogen-bond donors (Lipinski definition) is 18. The molecule has 69 heavy (non-hydrogen) atoms. The van der Waals surface area contributed by atoms with Crippen LogP contribution in [0.1, 0.15) is 17.5 Å². The zero-order valence-corrected chi connectivity index (χ0v) is 42.8. The van der Waals surface area contributed by atoms with Gasteiger partial charge in [0, 0.05) is 6.54 Å².